The number of hydrogen-bond acceptors (Lipinski definition) is 8. The van der Waals surface area contributed by atoms with Gasteiger partial charge in [0.2, 0.25) is 0 Å². The van der Waals surface area contributed by atoms with Crippen molar-refractivity contribution in [3.8, 4) is 0 Å². The van der Waals surface area contributed by atoms with Crippen LogP contribution in [0.4, 0.5) is 5.82 Å². The molecule has 0 radical (unpaired) electrons. The Morgan fingerprint density at radius 3 is 2.61 bits per heavy atom. The number of aryl methyl sites for hydroxylation is 1. The highest BCUT2D eigenvalue weighted by atomic mass is 32.2. The monoisotopic (exact) mass is 459 g/mol. The molecule has 1 amide bonds. The molecule has 2 aromatic rings. The van der Waals surface area contributed by atoms with Crippen molar-refractivity contribution >= 4 is 51.7 Å². The number of aliphatic hydroxyl groups excluding tert-OH is 1. The number of likely N-dealkylation sites (N-methyl/N-ethyl adjacent to an activating group) is 1. The van der Waals surface area contributed by atoms with Crippen LogP contribution in [0.5, 0.6) is 0 Å². The van der Waals surface area contributed by atoms with E-state index in [4.69, 9.17) is 17.2 Å². The molecule has 0 aliphatic carbocycles. The number of piperazine rings is 1. The molecule has 8 nitrogen and oxygen atoms in total. The number of anilines is 1. The van der Waals surface area contributed by atoms with E-state index in [-0.39, 0.29) is 18.1 Å². The van der Waals surface area contributed by atoms with Gasteiger partial charge in [0.05, 0.1) is 17.1 Å². The highest BCUT2D eigenvalue weighted by Crippen LogP contribution is 2.33. The molecule has 0 unspecified atom stereocenters. The summed E-state index contributed by atoms with van der Waals surface area (Å²) in [5.74, 6) is 0.407. The van der Waals surface area contributed by atoms with Gasteiger partial charge in [0.1, 0.15) is 15.8 Å². The molecular weight excluding hydrogens is 434 g/mol. The predicted octanol–water partition coefficient (Wildman–Crippen LogP) is 1.34. The van der Waals surface area contributed by atoms with Gasteiger partial charge < -0.3 is 10.0 Å². The van der Waals surface area contributed by atoms with E-state index in [2.05, 4.69) is 9.80 Å². The van der Waals surface area contributed by atoms with Crippen LogP contribution in [0.25, 0.3) is 11.7 Å². The Kier molecular flexibility index (Phi) is 6.42. The lowest BCUT2D eigenvalue weighted by Gasteiger charge is -2.35. The zero-order valence-electron chi connectivity index (χ0n) is 17.6. The summed E-state index contributed by atoms with van der Waals surface area (Å²) >= 11 is 6.54. The summed E-state index contributed by atoms with van der Waals surface area (Å²) in [7, 11) is 0. The highest BCUT2D eigenvalue weighted by Gasteiger charge is 2.32. The van der Waals surface area contributed by atoms with Gasteiger partial charge in [0.15, 0.2) is 0 Å². The molecular formula is C21H25N5O3S2. The standard InChI is InChI=1S/C21H25N5O3S2/c1-3-25-20(29)16(31-21(25)30)12-15-18(24-8-6-23(7-9-24)10-11-27)22-17-5-4-14(2)13-26(17)19(15)28/h4-5,12-13,27H,3,6-11H2,1-2H3/b16-12+. The van der Waals surface area contributed by atoms with Crippen molar-refractivity contribution in [2.45, 2.75) is 13.8 Å². The average Bonchev–Trinajstić information content (AvgIpc) is 3.03. The Labute approximate surface area is 190 Å². The van der Waals surface area contributed by atoms with Crippen LogP contribution in [0, 0.1) is 6.92 Å². The predicted molar refractivity (Wildman–Crippen MR) is 127 cm³/mol. The van der Waals surface area contributed by atoms with Gasteiger partial charge in [-0.15, -0.1) is 0 Å². The number of β-amino-alcohol motifs (C(OH)–C–C–N with tert-alkyl or cyclic N) is 1. The number of nitrogens with zero attached hydrogens (tertiary/aromatic N) is 5. The topological polar surface area (TPSA) is 81.4 Å². The van der Waals surface area contributed by atoms with Crippen molar-refractivity contribution in [3.05, 3.63) is 44.7 Å². The van der Waals surface area contributed by atoms with Crippen LogP contribution in [0.2, 0.25) is 0 Å². The first-order chi connectivity index (χ1) is 14.9. The largest absolute Gasteiger partial charge is 0.395 e. The summed E-state index contributed by atoms with van der Waals surface area (Å²) in [4.78, 5) is 37.3. The van der Waals surface area contributed by atoms with Gasteiger partial charge in [0, 0.05) is 45.5 Å². The minimum Gasteiger partial charge on any atom is -0.395 e. The maximum atomic E-state index is 13.5. The molecule has 0 spiro atoms. The van der Waals surface area contributed by atoms with Crippen molar-refractivity contribution in [1.82, 2.24) is 19.2 Å². The molecule has 1 N–H and O–H groups in total. The molecule has 0 saturated carbocycles. The van der Waals surface area contributed by atoms with E-state index in [0.717, 1.165) is 18.7 Å². The molecule has 2 fully saturated rings. The lowest BCUT2D eigenvalue weighted by atomic mass is 10.2. The maximum Gasteiger partial charge on any atom is 0.267 e. The van der Waals surface area contributed by atoms with E-state index in [1.165, 1.54) is 21.1 Å². The van der Waals surface area contributed by atoms with Crippen molar-refractivity contribution in [2.24, 2.45) is 0 Å². The zero-order chi connectivity index (χ0) is 22.1. The Morgan fingerprint density at radius 2 is 1.97 bits per heavy atom. The summed E-state index contributed by atoms with van der Waals surface area (Å²) in [6.07, 6.45) is 3.41. The molecule has 2 aliphatic rings. The highest BCUT2D eigenvalue weighted by molar-refractivity contribution is 8.26. The Morgan fingerprint density at radius 1 is 1.23 bits per heavy atom. The SMILES string of the molecule is CCN1C(=O)/C(=C\c2c(N3CCN(CCO)CC3)nc3ccc(C)cn3c2=O)SC1=S. The van der Waals surface area contributed by atoms with Gasteiger partial charge >= 0.3 is 0 Å². The fourth-order valence-electron chi connectivity index (χ4n) is 3.84. The zero-order valence-corrected chi connectivity index (χ0v) is 19.2. The van der Waals surface area contributed by atoms with E-state index in [0.29, 0.717) is 52.4 Å². The molecule has 2 saturated heterocycles. The van der Waals surface area contributed by atoms with Gasteiger partial charge in [-0.25, -0.2) is 4.98 Å². The molecule has 0 aromatic carbocycles. The minimum atomic E-state index is -0.205. The number of pyridine rings is 1. The van der Waals surface area contributed by atoms with Crippen LogP contribution in [0.1, 0.15) is 18.1 Å². The molecule has 10 heteroatoms. The molecule has 2 aliphatic heterocycles. The van der Waals surface area contributed by atoms with Crippen LogP contribution in [-0.2, 0) is 4.79 Å². The first-order valence-corrected chi connectivity index (χ1v) is 11.5. The average molecular weight is 460 g/mol. The number of carbonyl (C=O) groups is 1. The summed E-state index contributed by atoms with van der Waals surface area (Å²) in [5, 5.41) is 9.20. The number of aliphatic hydroxyl groups is 1. The summed E-state index contributed by atoms with van der Waals surface area (Å²) in [6.45, 7) is 7.96. The first-order valence-electron chi connectivity index (χ1n) is 10.3. The number of thiocarbonyl (C=S) groups is 1. The van der Waals surface area contributed by atoms with Crippen molar-refractivity contribution in [2.75, 3.05) is 50.8 Å². The van der Waals surface area contributed by atoms with Crippen LogP contribution >= 0.6 is 24.0 Å². The van der Waals surface area contributed by atoms with E-state index in [1.807, 2.05) is 26.0 Å². The van der Waals surface area contributed by atoms with E-state index in [9.17, 15) is 14.7 Å². The Hall–Kier alpha value is -2.27. The number of amides is 1. The van der Waals surface area contributed by atoms with E-state index >= 15 is 0 Å². The third-order valence-electron chi connectivity index (χ3n) is 5.54. The number of thioether (sulfide) groups is 1. The number of carbonyl (C=O) groups excluding carboxylic acids is 1. The van der Waals surface area contributed by atoms with Crippen LogP contribution in [0.15, 0.2) is 28.0 Å². The van der Waals surface area contributed by atoms with Gasteiger partial charge in [-0.1, -0.05) is 30.0 Å². The summed E-state index contributed by atoms with van der Waals surface area (Å²) in [5.41, 5.74) is 1.71. The van der Waals surface area contributed by atoms with Crippen LogP contribution in [-0.4, -0.2) is 80.4 Å². The molecule has 31 heavy (non-hydrogen) atoms. The van der Waals surface area contributed by atoms with Crippen molar-refractivity contribution in [3.63, 3.8) is 0 Å². The molecule has 164 valence electrons. The molecule has 4 rings (SSSR count). The van der Waals surface area contributed by atoms with Gasteiger partial charge in [-0.3, -0.25) is 23.8 Å². The third-order valence-corrected chi connectivity index (χ3v) is 6.92. The second-order valence-corrected chi connectivity index (χ2v) is 9.24. The Balaban J connectivity index is 1.81. The number of rotatable bonds is 5. The summed E-state index contributed by atoms with van der Waals surface area (Å²) in [6, 6.07) is 3.76. The second-order valence-electron chi connectivity index (χ2n) is 7.57. The maximum absolute atomic E-state index is 13.5. The Bertz CT molecular complexity index is 1120. The normalized spacial score (nSPS) is 19.3. The van der Waals surface area contributed by atoms with Crippen molar-refractivity contribution < 1.29 is 9.90 Å². The lowest BCUT2D eigenvalue weighted by Crippen LogP contribution is -2.48. The second kappa shape index (κ2) is 9.07. The van der Waals surface area contributed by atoms with Gasteiger partial charge in [-0.05, 0) is 31.6 Å². The lowest BCUT2D eigenvalue weighted by molar-refractivity contribution is -0.121. The molecule has 0 bridgehead atoms. The van der Waals surface area contributed by atoms with Crippen LogP contribution in [0.3, 0.4) is 0 Å². The first kappa shape index (κ1) is 21.9. The van der Waals surface area contributed by atoms with Gasteiger partial charge in [-0.2, -0.15) is 0 Å². The van der Waals surface area contributed by atoms with E-state index in [1.54, 1.807) is 12.3 Å². The third kappa shape index (κ3) is 4.25. The molecule has 4 heterocycles. The molecule has 2 aromatic heterocycles. The van der Waals surface area contributed by atoms with Gasteiger partial charge in [0.25, 0.3) is 11.5 Å². The summed E-state index contributed by atoms with van der Waals surface area (Å²) < 4.78 is 2.04. The van der Waals surface area contributed by atoms with Crippen LogP contribution < -0.4 is 10.5 Å². The molecule has 0 atom stereocenters. The number of fused-ring (bicyclic) bond motifs is 1. The number of aromatic nitrogens is 2. The van der Waals surface area contributed by atoms with E-state index < -0.39 is 0 Å². The smallest absolute Gasteiger partial charge is 0.267 e. The fraction of sp³-hybridized carbons (Fsp3) is 0.429. The fourth-order valence-corrected chi connectivity index (χ4v) is 5.21. The number of hydrogen-bond donors (Lipinski definition) is 1. The van der Waals surface area contributed by atoms with Crippen molar-refractivity contribution in [1.29, 1.82) is 0 Å². The minimum absolute atomic E-state index is 0.124. The quantitative estimate of drug-likeness (QED) is 0.530.